The largest absolute Gasteiger partial charge is 0.417 e. The van der Waals surface area contributed by atoms with Crippen molar-refractivity contribution in [2.45, 2.75) is 32.9 Å². The average Bonchev–Trinajstić information content (AvgIpc) is 2.44. The lowest BCUT2D eigenvalue weighted by Crippen LogP contribution is -2.12. The molecule has 6 N–H and O–H groups in total. The molecule has 1 aromatic rings. The molecular weight excluding hydrogens is 281 g/mol. The molecule has 0 saturated carbocycles. The second kappa shape index (κ2) is 8.89. The van der Waals surface area contributed by atoms with Crippen LogP contribution in [-0.2, 0) is 6.18 Å². The molecule has 0 fully saturated rings. The molecule has 0 aromatic carbocycles. The maximum atomic E-state index is 12.6. The second-order valence-corrected chi connectivity index (χ2v) is 4.21. The van der Waals surface area contributed by atoms with Crippen molar-refractivity contribution in [3.8, 4) is 0 Å². The first-order valence-corrected chi connectivity index (χ1v) is 6.43. The van der Waals surface area contributed by atoms with Crippen molar-refractivity contribution >= 4 is 5.70 Å². The van der Waals surface area contributed by atoms with Gasteiger partial charge in [-0.25, -0.2) is 0 Å². The van der Waals surface area contributed by atoms with Gasteiger partial charge < -0.3 is 17.2 Å². The van der Waals surface area contributed by atoms with Gasteiger partial charge in [-0.2, -0.15) is 13.2 Å². The highest BCUT2D eigenvalue weighted by Gasteiger charge is 2.33. The number of aromatic nitrogens is 1. The van der Waals surface area contributed by atoms with Gasteiger partial charge in [-0.15, -0.1) is 0 Å². The molecule has 0 aliphatic rings. The van der Waals surface area contributed by atoms with E-state index in [2.05, 4.69) is 18.8 Å². The van der Waals surface area contributed by atoms with Crippen LogP contribution in [0.1, 0.15) is 37.8 Å². The summed E-state index contributed by atoms with van der Waals surface area (Å²) < 4.78 is 37.9. The Bertz CT molecular complexity index is 487. The van der Waals surface area contributed by atoms with Crippen molar-refractivity contribution < 1.29 is 13.2 Å². The monoisotopic (exact) mass is 302 g/mol. The van der Waals surface area contributed by atoms with Gasteiger partial charge in [0.15, 0.2) is 0 Å². The summed E-state index contributed by atoms with van der Waals surface area (Å²) in [5.74, 6) is -0.0506. The van der Waals surface area contributed by atoms with Gasteiger partial charge in [0.25, 0.3) is 0 Å². The summed E-state index contributed by atoms with van der Waals surface area (Å²) in [6.07, 6.45) is 2.64. The predicted octanol–water partition coefficient (Wildman–Crippen LogP) is 2.97. The molecule has 0 atom stereocenters. The van der Waals surface area contributed by atoms with Crippen molar-refractivity contribution in [2.75, 3.05) is 0 Å². The molecule has 0 aliphatic carbocycles. The SMILES string of the molecule is CCCC.NC(N)=C/C=C(\N)c1cnccc1C(F)(F)F. The molecule has 1 aromatic heterocycles. The fourth-order valence-electron chi connectivity index (χ4n) is 1.15. The zero-order valence-corrected chi connectivity index (χ0v) is 12.1. The number of hydrogen-bond donors (Lipinski definition) is 3. The topological polar surface area (TPSA) is 91.0 Å². The van der Waals surface area contributed by atoms with Crippen LogP contribution in [0.4, 0.5) is 13.2 Å². The number of pyridine rings is 1. The smallest absolute Gasteiger partial charge is 0.398 e. The van der Waals surface area contributed by atoms with Crippen molar-refractivity contribution in [2.24, 2.45) is 17.2 Å². The highest BCUT2D eigenvalue weighted by Crippen LogP contribution is 2.33. The molecule has 118 valence electrons. The Morgan fingerprint density at radius 3 is 2.14 bits per heavy atom. The summed E-state index contributed by atoms with van der Waals surface area (Å²) in [5.41, 5.74) is 14.6. The highest BCUT2D eigenvalue weighted by atomic mass is 19.4. The zero-order valence-electron chi connectivity index (χ0n) is 12.1. The van der Waals surface area contributed by atoms with E-state index in [4.69, 9.17) is 17.2 Å². The first kappa shape index (κ1) is 18.8. The van der Waals surface area contributed by atoms with Crippen LogP contribution in [-0.4, -0.2) is 4.98 Å². The molecule has 0 saturated heterocycles. The van der Waals surface area contributed by atoms with E-state index >= 15 is 0 Å². The van der Waals surface area contributed by atoms with E-state index in [0.717, 1.165) is 18.5 Å². The predicted molar refractivity (Wildman–Crippen MR) is 78.4 cm³/mol. The van der Waals surface area contributed by atoms with Crippen LogP contribution >= 0.6 is 0 Å². The molecule has 21 heavy (non-hydrogen) atoms. The first-order valence-electron chi connectivity index (χ1n) is 6.43. The van der Waals surface area contributed by atoms with Crippen molar-refractivity contribution in [3.63, 3.8) is 0 Å². The quantitative estimate of drug-likeness (QED) is 0.749. The minimum Gasteiger partial charge on any atom is -0.398 e. The maximum absolute atomic E-state index is 12.6. The molecule has 1 rings (SSSR count). The summed E-state index contributed by atoms with van der Waals surface area (Å²) in [5, 5.41) is 0. The van der Waals surface area contributed by atoms with Crippen LogP contribution in [0.2, 0.25) is 0 Å². The standard InChI is InChI=1S/C10H11F3N4.C4H10/c11-10(12,13)7-3-4-17-5-6(7)8(14)1-2-9(15)16;1-3-4-2/h1-5H,14-16H2;3-4H2,1-2H3/b8-1-;. The zero-order chi connectivity index (χ0) is 16.5. The van der Waals surface area contributed by atoms with Gasteiger partial charge in [0.2, 0.25) is 0 Å². The van der Waals surface area contributed by atoms with Gasteiger partial charge in [-0.1, -0.05) is 26.7 Å². The first-order chi connectivity index (χ1) is 9.73. The minimum atomic E-state index is -4.49. The highest BCUT2D eigenvalue weighted by molar-refractivity contribution is 5.66. The molecule has 0 radical (unpaired) electrons. The van der Waals surface area contributed by atoms with E-state index in [0.29, 0.717) is 0 Å². The van der Waals surface area contributed by atoms with Crippen molar-refractivity contribution in [1.29, 1.82) is 0 Å². The van der Waals surface area contributed by atoms with Crippen LogP contribution in [0.3, 0.4) is 0 Å². The van der Waals surface area contributed by atoms with Gasteiger partial charge in [0.1, 0.15) is 0 Å². The third-order valence-corrected chi connectivity index (χ3v) is 2.39. The third kappa shape index (κ3) is 7.24. The Hall–Kier alpha value is -2.18. The summed E-state index contributed by atoms with van der Waals surface area (Å²) in [6, 6.07) is 0.853. The van der Waals surface area contributed by atoms with E-state index in [9.17, 15) is 13.2 Å². The fraction of sp³-hybridized carbons (Fsp3) is 0.357. The van der Waals surface area contributed by atoms with Gasteiger partial charge in [0, 0.05) is 23.7 Å². The van der Waals surface area contributed by atoms with Crippen LogP contribution in [0.15, 0.2) is 36.4 Å². The third-order valence-electron chi connectivity index (χ3n) is 2.39. The lowest BCUT2D eigenvalue weighted by molar-refractivity contribution is -0.137. The second-order valence-electron chi connectivity index (χ2n) is 4.21. The lowest BCUT2D eigenvalue weighted by atomic mass is 10.1. The van der Waals surface area contributed by atoms with Gasteiger partial charge in [-0.3, -0.25) is 4.98 Å². The minimum absolute atomic E-state index is 0.0506. The number of allylic oxidation sites excluding steroid dienone is 2. The number of rotatable bonds is 3. The Morgan fingerprint density at radius 1 is 1.14 bits per heavy atom. The summed E-state index contributed by atoms with van der Waals surface area (Å²) >= 11 is 0. The van der Waals surface area contributed by atoms with Crippen LogP contribution in [0.5, 0.6) is 0 Å². The Kier molecular flexibility index (Phi) is 7.96. The van der Waals surface area contributed by atoms with Crippen LogP contribution in [0.25, 0.3) is 5.70 Å². The van der Waals surface area contributed by atoms with E-state index in [1.807, 2.05) is 0 Å². The summed E-state index contributed by atoms with van der Waals surface area (Å²) in [6.45, 7) is 4.36. The Labute approximate surface area is 122 Å². The molecule has 0 amide bonds. The molecule has 4 nitrogen and oxygen atoms in total. The molecule has 0 unspecified atom stereocenters. The summed E-state index contributed by atoms with van der Waals surface area (Å²) in [7, 11) is 0. The van der Waals surface area contributed by atoms with Gasteiger partial charge in [0.05, 0.1) is 11.4 Å². The van der Waals surface area contributed by atoms with Crippen molar-refractivity contribution in [3.05, 3.63) is 47.6 Å². The van der Waals surface area contributed by atoms with Gasteiger partial charge in [-0.05, 0) is 18.2 Å². The number of unbranched alkanes of at least 4 members (excludes halogenated alkanes) is 1. The van der Waals surface area contributed by atoms with Crippen molar-refractivity contribution in [1.82, 2.24) is 4.98 Å². The normalized spacial score (nSPS) is 11.4. The van der Waals surface area contributed by atoms with E-state index in [-0.39, 0.29) is 17.1 Å². The molecule has 0 spiro atoms. The molecule has 1 heterocycles. The van der Waals surface area contributed by atoms with Crippen LogP contribution < -0.4 is 17.2 Å². The van der Waals surface area contributed by atoms with E-state index < -0.39 is 11.7 Å². The Balaban J connectivity index is 0.000000885. The molecule has 0 aliphatic heterocycles. The fourth-order valence-corrected chi connectivity index (χ4v) is 1.15. The van der Waals surface area contributed by atoms with E-state index in [1.165, 1.54) is 25.0 Å². The van der Waals surface area contributed by atoms with Crippen LogP contribution in [0, 0.1) is 0 Å². The Morgan fingerprint density at radius 2 is 1.71 bits per heavy atom. The maximum Gasteiger partial charge on any atom is 0.417 e. The number of halogens is 3. The number of hydrogen-bond acceptors (Lipinski definition) is 4. The number of nitrogens with zero attached hydrogens (tertiary/aromatic N) is 1. The summed E-state index contributed by atoms with van der Waals surface area (Å²) in [4.78, 5) is 3.60. The molecule has 7 heteroatoms. The molecular formula is C14H21F3N4. The average molecular weight is 302 g/mol. The molecule has 0 bridgehead atoms. The van der Waals surface area contributed by atoms with Gasteiger partial charge >= 0.3 is 6.18 Å². The number of alkyl halides is 3. The lowest BCUT2D eigenvalue weighted by Gasteiger charge is -2.11. The number of nitrogens with two attached hydrogens (primary N) is 3. The van der Waals surface area contributed by atoms with E-state index in [1.54, 1.807) is 0 Å².